The maximum Gasteiger partial charge on any atom is 0.490 e. The molecule has 4 rings (SSSR count). The van der Waals surface area contributed by atoms with E-state index in [0.29, 0.717) is 29.3 Å². The van der Waals surface area contributed by atoms with E-state index >= 15 is 0 Å². The van der Waals surface area contributed by atoms with E-state index in [1.54, 1.807) is 17.5 Å². The third-order valence-corrected chi connectivity index (χ3v) is 5.41. The van der Waals surface area contributed by atoms with Crippen molar-refractivity contribution >= 4 is 23.2 Å². The first-order valence-corrected chi connectivity index (χ1v) is 9.67. The van der Waals surface area contributed by atoms with Gasteiger partial charge in [-0.25, -0.2) is 14.2 Å². The lowest BCUT2D eigenvalue weighted by Gasteiger charge is -2.06. The number of alkyl halides is 3. The number of hydrogen-bond donors (Lipinski definition) is 3. The molecule has 12 heteroatoms. The molecule has 1 aromatic carbocycles. The van der Waals surface area contributed by atoms with Gasteiger partial charge in [0.25, 0.3) is 5.91 Å². The first-order chi connectivity index (χ1) is 14.1. The molecule has 2 aromatic rings. The number of amides is 1. The monoisotopic (exact) mass is 447 g/mol. The molecule has 1 saturated carbocycles. The molecule has 2 aliphatic rings. The highest BCUT2D eigenvalue weighted by molar-refractivity contribution is 7.09. The fourth-order valence-corrected chi connectivity index (χ4v) is 3.70. The quantitative estimate of drug-likeness (QED) is 0.609. The molecule has 2 heterocycles. The van der Waals surface area contributed by atoms with E-state index in [2.05, 4.69) is 15.6 Å². The standard InChI is InChI=1S/C16H16FN3O2S.C2HF3O2/c17-9-1-3-10(4-2-9)22-7-14-19-13(8-23-14)16(21)20-15-11-5-18-6-12(11)15;3-2(4,5)1(6)7/h1-4,8,11-12,15,18H,5-7H2,(H,20,21);(H,6,7)/t11-,12+,15?;. The fraction of sp³-hybridized carbons (Fsp3) is 0.389. The van der Waals surface area contributed by atoms with Crippen LogP contribution >= 0.6 is 11.3 Å². The van der Waals surface area contributed by atoms with Gasteiger partial charge in [-0.3, -0.25) is 4.79 Å². The van der Waals surface area contributed by atoms with E-state index in [9.17, 15) is 22.4 Å². The summed E-state index contributed by atoms with van der Waals surface area (Å²) < 4.78 is 50.1. The van der Waals surface area contributed by atoms with E-state index in [4.69, 9.17) is 14.6 Å². The van der Waals surface area contributed by atoms with Crippen LogP contribution in [0.1, 0.15) is 15.5 Å². The second-order valence-electron chi connectivity index (χ2n) is 6.66. The van der Waals surface area contributed by atoms with Gasteiger partial charge in [0, 0.05) is 24.5 Å². The molecule has 162 valence electrons. The first kappa shape index (κ1) is 22.0. The number of rotatable bonds is 5. The van der Waals surface area contributed by atoms with Crippen molar-refractivity contribution < 1.29 is 37.0 Å². The molecule has 3 atom stereocenters. The van der Waals surface area contributed by atoms with Crippen molar-refractivity contribution in [2.24, 2.45) is 11.8 Å². The molecule has 1 aromatic heterocycles. The molecule has 1 saturated heterocycles. The number of nitrogens with one attached hydrogen (secondary N) is 2. The number of carbonyl (C=O) groups is 2. The van der Waals surface area contributed by atoms with Gasteiger partial charge in [-0.05, 0) is 36.1 Å². The highest BCUT2D eigenvalue weighted by Gasteiger charge is 2.53. The summed E-state index contributed by atoms with van der Waals surface area (Å²) in [7, 11) is 0. The predicted molar refractivity (Wildman–Crippen MR) is 97.6 cm³/mol. The Morgan fingerprint density at radius 3 is 2.40 bits per heavy atom. The van der Waals surface area contributed by atoms with Crippen molar-refractivity contribution in [1.29, 1.82) is 0 Å². The molecule has 3 N–H and O–H groups in total. The van der Waals surface area contributed by atoms with Gasteiger partial charge in [0.15, 0.2) is 0 Å². The van der Waals surface area contributed by atoms with Crippen molar-refractivity contribution in [1.82, 2.24) is 15.6 Å². The molecule has 2 fully saturated rings. The number of carboxylic acids is 1. The maximum atomic E-state index is 12.8. The minimum absolute atomic E-state index is 0.117. The molecular weight excluding hydrogens is 430 g/mol. The van der Waals surface area contributed by atoms with Gasteiger partial charge in [0.05, 0.1) is 0 Å². The number of nitrogens with zero attached hydrogens (tertiary/aromatic N) is 1. The normalized spacial score (nSPS) is 21.8. The van der Waals surface area contributed by atoms with E-state index in [1.807, 2.05) is 0 Å². The average molecular weight is 447 g/mol. The maximum absolute atomic E-state index is 12.8. The fourth-order valence-electron chi connectivity index (χ4n) is 3.02. The van der Waals surface area contributed by atoms with Crippen LogP contribution in [0.2, 0.25) is 0 Å². The van der Waals surface area contributed by atoms with E-state index < -0.39 is 12.1 Å². The van der Waals surface area contributed by atoms with Crippen LogP contribution in [0.25, 0.3) is 0 Å². The molecule has 0 radical (unpaired) electrons. The molecule has 1 aliphatic carbocycles. The van der Waals surface area contributed by atoms with Crippen LogP contribution in [0.4, 0.5) is 17.6 Å². The van der Waals surface area contributed by atoms with Crippen LogP contribution < -0.4 is 15.4 Å². The molecule has 7 nitrogen and oxygen atoms in total. The Kier molecular flexibility index (Phi) is 6.56. The summed E-state index contributed by atoms with van der Waals surface area (Å²) in [5.41, 5.74) is 0.436. The number of carbonyl (C=O) groups excluding carboxylic acids is 1. The summed E-state index contributed by atoms with van der Waals surface area (Å²) in [5, 5.41) is 15.9. The highest BCUT2D eigenvalue weighted by Crippen LogP contribution is 2.41. The number of thiazole rings is 1. The number of hydrogen-bond acceptors (Lipinski definition) is 6. The Bertz CT molecular complexity index is 894. The predicted octanol–water partition coefficient (Wildman–Crippen LogP) is 2.44. The topological polar surface area (TPSA) is 101 Å². The number of ether oxygens (including phenoxy) is 1. The summed E-state index contributed by atoms with van der Waals surface area (Å²) in [4.78, 5) is 25.4. The van der Waals surface area contributed by atoms with Crippen molar-refractivity contribution in [2.45, 2.75) is 18.8 Å². The van der Waals surface area contributed by atoms with Crippen LogP contribution in [-0.4, -0.2) is 47.3 Å². The molecule has 1 aliphatic heterocycles. The Morgan fingerprint density at radius 1 is 1.23 bits per heavy atom. The smallest absolute Gasteiger partial charge is 0.486 e. The van der Waals surface area contributed by atoms with Crippen molar-refractivity contribution in [3.05, 3.63) is 46.2 Å². The largest absolute Gasteiger partial charge is 0.490 e. The zero-order valence-electron chi connectivity index (χ0n) is 15.3. The molecular formula is C18H17F4N3O4S. The highest BCUT2D eigenvalue weighted by atomic mass is 32.1. The van der Waals surface area contributed by atoms with Gasteiger partial charge in [-0.2, -0.15) is 13.2 Å². The van der Waals surface area contributed by atoms with Crippen LogP contribution in [0.15, 0.2) is 29.6 Å². The van der Waals surface area contributed by atoms with E-state index in [0.717, 1.165) is 18.1 Å². The summed E-state index contributed by atoms with van der Waals surface area (Å²) in [6.45, 7) is 2.25. The minimum atomic E-state index is -5.08. The summed E-state index contributed by atoms with van der Waals surface area (Å²) in [6, 6.07) is 6.12. The van der Waals surface area contributed by atoms with Crippen molar-refractivity contribution in [3.63, 3.8) is 0 Å². The number of fused-ring (bicyclic) bond motifs is 1. The molecule has 0 spiro atoms. The molecule has 1 amide bonds. The summed E-state index contributed by atoms with van der Waals surface area (Å²) in [6.07, 6.45) is -5.08. The van der Waals surface area contributed by atoms with Crippen LogP contribution in [-0.2, 0) is 11.4 Å². The number of aliphatic carboxylic acids is 1. The number of halogens is 4. The first-order valence-electron chi connectivity index (χ1n) is 8.79. The summed E-state index contributed by atoms with van der Waals surface area (Å²) in [5.74, 6) is -1.43. The van der Waals surface area contributed by atoms with Gasteiger partial charge in [-0.1, -0.05) is 0 Å². The average Bonchev–Trinajstić information content (AvgIpc) is 3.10. The lowest BCUT2D eigenvalue weighted by atomic mass is 10.3. The van der Waals surface area contributed by atoms with E-state index in [1.165, 1.54) is 23.5 Å². The second kappa shape index (κ2) is 8.96. The lowest BCUT2D eigenvalue weighted by molar-refractivity contribution is -0.192. The molecule has 30 heavy (non-hydrogen) atoms. The second-order valence-corrected chi connectivity index (χ2v) is 7.60. The van der Waals surface area contributed by atoms with Crippen molar-refractivity contribution in [3.8, 4) is 5.75 Å². The minimum Gasteiger partial charge on any atom is -0.486 e. The van der Waals surface area contributed by atoms with Gasteiger partial charge >= 0.3 is 12.1 Å². The van der Waals surface area contributed by atoms with Crippen LogP contribution in [0.3, 0.4) is 0 Å². The lowest BCUT2D eigenvalue weighted by Crippen LogP contribution is -2.32. The van der Waals surface area contributed by atoms with Crippen molar-refractivity contribution in [2.75, 3.05) is 13.1 Å². The zero-order chi connectivity index (χ0) is 21.9. The Morgan fingerprint density at radius 2 is 1.83 bits per heavy atom. The Hall–Kier alpha value is -2.73. The van der Waals surface area contributed by atoms with Crippen LogP contribution in [0, 0.1) is 17.7 Å². The third kappa shape index (κ3) is 5.66. The number of piperidine rings is 1. The third-order valence-electron chi connectivity index (χ3n) is 4.59. The number of benzene rings is 1. The molecule has 1 unspecified atom stereocenters. The molecule has 0 bridgehead atoms. The van der Waals surface area contributed by atoms with Gasteiger partial charge < -0.3 is 20.5 Å². The SMILES string of the molecule is O=C(NC1[C@H]2CNC[C@@H]12)c1csc(COc2ccc(F)cc2)n1.O=C(O)C(F)(F)F. The van der Waals surface area contributed by atoms with Gasteiger partial charge in [0.1, 0.15) is 28.9 Å². The van der Waals surface area contributed by atoms with E-state index in [-0.39, 0.29) is 18.3 Å². The summed E-state index contributed by atoms with van der Waals surface area (Å²) >= 11 is 1.39. The Balaban J connectivity index is 0.000000318. The number of aromatic nitrogens is 1. The van der Waals surface area contributed by atoms with Crippen LogP contribution in [0.5, 0.6) is 5.75 Å². The zero-order valence-corrected chi connectivity index (χ0v) is 16.1. The van der Waals surface area contributed by atoms with Gasteiger partial charge in [0.2, 0.25) is 0 Å². The van der Waals surface area contributed by atoms with Gasteiger partial charge in [-0.15, -0.1) is 11.3 Å². The Labute approximate surface area is 172 Å². The number of carboxylic acid groups (broad SMARTS) is 1.